The van der Waals surface area contributed by atoms with Gasteiger partial charge in [0.2, 0.25) is 0 Å². The summed E-state index contributed by atoms with van der Waals surface area (Å²) in [5, 5.41) is 22.6. The van der Waals surface area contributed by atoms with Gasteiger partial charge in [0.25, 0.3) is 0 Å². The number of aliphatic hydroxyl groups excluding tert-OH is 2. The van der Waals surface area contributed by atoms with Crippen molar-refractivity contribution in [3.05, 3.63) is 35.9 Å². The summed E-state index contributed by atoms with van der Waals surface area (Å²) in [6.45, 7) is 0.364. The van der Waals surface area contributed by atoms with Crippen molar-refractivity contribution in [2.24, 2.45) is 11.8 Å². The van der Waals surface area contributed by atoms with E-state index in [4.69, 9.17) is 14.2 Å². The zero-order chi connectivity index (χ0) is 21.9. The van der Waals surface area contributed by atoms with Gasteiger partial charge in [0.15, 0.2) is 6.29 Å². The number of fused-ring (bicyclic) bond motifs is 1. The van der Waals surface area contributed by atoms with Crippen LogP contribution in [0.25, 0.3) is 0 Å². The van der Waals surface area contributed by atoms with Crippen molar-refractivity contribution in [1.82, 2.24) is 0 Å². The van der Waals surface area contributed by atoms with Gasteiger partial charge in [0.1, 0.15) is 29.9 Å². The third-order valence-electron chi connectivity index (χ3n) is 7.93. The molecule has 1 unspecified atom stereocenters. The van der Waals surface area contributed by atoms with Crippen LogP contribution in [0.2, 0.25) is 0 Å². The second-order valence-electron chi connectivity index (χ2n) is 10.1. The van der Waals surface area contributed by atoms with Crippen LogP contribution in [0.3, 0.4) is 0 Å². The van der Waals surface area contributed by atoms with Gasteiger partial charge in [0.05, 0.1) is 6.61 Å². The summed E-state index contributed by atoms with van der Waals surface area (Å²) in [6, 6.07) is 9.75. The van der Waals surface area contributed by atoms with E-state index in [1.165, 1.54) is 64.2 Å². The zero-order valence-electron chi connectivity index (χ0n) is 18.9. The molecule has 0 radical (unpaired) electrons. The van der Waals surface area contributed by atoms with Crippen LogP contribution < -0.4 is 0 Å². The molecule has 2 saturated carbocycles. The smallest absolute Gasteiger partial charge is 0.184 e. The number of benzene rings is 1. The molecule has 1 aromatic rings. The van der Waals surface area contributed by atoms with Crippen molar-refractivity contribution < 1.29 is 24.4 Å². The fraction of sp³-hybridized carbons (Fsp3) is 0.769. The van der Waals surface area contributed by atoms with Gasteiger partial charge in [-0.05, 0) is 37.5 Å². The predicted molar refractivity (Wildman–Crippen MR) is 125 cm³/mol. The number of aliphatic hydroxyl groups is 2. The average Bonchev–Trinajstić information content (AvgIpc) is 2.87. The van der Waals surface area contributed by atoms with Crippen LogP contribution >= 0.6 is 11.8 Å². The second kappa shape index (κ2) is 10.7. The molecule has 2 heterocycles. The van der Waals surface area contributed by atoms with Gasteiger partial charge in [-0.25, -0.2) is 0 Å². The predicted octanol–water partition coefficient (Wildman–Crippen LogP) is 4.81. The minimum atomic E-state index is -0.972. The molecule has 6 heteroatoms. The standard InChI is InChI=1S/C26H38O5S/c27-21-22(28)26(30-20-16-29-25(31-23(20)21)19-14-8-3-9-15-19)32-24(17-10-4-1-5-11-17)18-12-6-2-7-13-18/h3,8-9,14-15,17-18,20-28H,1-2,4-7,10-13,16H2/t20-,21-,22-,23-,25?,26+/m1/s1. The van der Waals surface area contributed by atoms with Gasteiger partial charge < -0.3 is 24.4 Å². The van der Waals surface area contributed by atoms with E-state index in [1.807, 2.05) is 30.3 Å². The molecule has 178 valence electrons. The summed E-state index contributed by atoms with van der Waals surface area (Å²) in [6.07, 6.45) is 9.72. The fourth-order valence-electron chi connectivity index (χ4n) is 6.16. The molecule has 4 aliphatic rings. The molecule has 6 atom stereocenters. The lowest BCUT2D eigenvalue weighted by molar-refractivity contribution is -0.318. The number of thioether (sulfide) groups is 1. The van der Waals surface area contributed by atoms with E-state index < -0.39 is 30.0 Å². The minimum Gasteiger partial charge on any atom is -0.387 e. The molecule has 2 N–H and O–H groups in total. The lowest BCUT2D eigenvalue weighted by atomic mass is 9.77. The van der Waals surface area contributed by atoms with Crippen molar-refractivity contribution in [3.63, 3.8) is 0 Å². The van der Waals surface area contributed by atoms with Crippen LogP contribution in [-0.2, 0) is 14.2 Å². The van der Waals surface area contributed by atoms with Gasteiger partial charge in [0, 0.05) is 10.8 Å². The van der Waals surface area contributed by atoms with E-state index >= 15 is 0 Å². The monoisotopic (exact) mass is 462 g/mol. The number of ether oxygens (including phenoxy) is 3. The van der Waals surface area contributed by atoms with Crippen LogP contribution in [0.4, 0.5) is 0 Å². The summed E-state index contributed by atoms with van der Waals surface area (Å²) < 4.78 is 18.4. The summed E-state index contributed by atoms with van der Waals surface area (Å²) >= 11 is 1.80. The molecule has 2 aliphatic carbocycles. The lowest BCUT2D eigenvalue weighted by Gasteiger charge is -2.48. The van der Waals surface area contributed by atoms with Gasteiger partial charge >= 0.3 is 0 Å². The SMILES string of the molecule is O[C@@H]1[C@@H](O)[C@H](SC(C2CCCCC2)C2CCCCC2)O[C@@H]2COC(c3ccccc3)O[C@@H]12. The average molecular weight is 463 g/mol. The molecule has 0 spiro atoms. The van der Waals surface area contributed by atoms with E-state index in [-0.39, 0.29) is 6.10 Å². The summed E-state index contributed by atoms with van der Waals surface area (Å²) in [5.41, 5.74) is 0.486. The van der Waals surface area contributed by atoms with Gasteiger partial charge in [-0.2, -0.15) is 0 Å². The fourth-order valence-corrected chi connectivity index (χ4v) is 7.98. The quantitative estimate of drug-likeness (QED) is 0.655. The Morgan fingerprint density at radius 2 is 1.41 bits per heavy atom. The molecule has 2 saturated heterocycles. The first-order chi connectivity index (χ1) is 15.7. The van der Waals surface area contributed by atoms with E-state index in [0.29, 0.717) is 23.7 Å². The molecular formula is C26H38O5S. The molecule has 4 fully saturated rings. The maximum atomic E-state index is 11.1. The van der Waals surface area contributed by atoms with Crippen LogP contribution in [0, 0.1) is 11.8 Å². The number of rotatable bonds is 5. The molecule has 2 aliphatic heterocycles. The Balaban J connectivity index is 1.27. The third kappa shape index (κ3) is 5.06. The molecule has 5 nitrogen and oxygen atoms in total. The maximum Gasteiger partial charge on any atom is 0.184 e. The maximum absolute atomic E-state index is 11.1. The van der Waals surface area contributed by atoms with Crippen molar-refractivity contribution in [1.29, 1.82) is 0 Å². The van der Waals surface area contributed by atoms with Crippen LogP contribution in [0.15, 0.2) is 30.3 Å². The Hall–Kier alpha value is -0.630. The number of hydrogen-bond donors (Lipinski definition) is 2. The molecule has 0 aromatic heterocycles. The largest absolute Gasteiger partial charge is 0.387 e. The Morgan fingerprint density at radius 3 is 2.03 bits per heavy atom. The van der Waals surface area contributed by atoms with E-state index in [0.717, 1.165) is 5.56 Å². The highest BCUT2D eigenvalue weighted by Crippen LogP contribution is 2.46. The first-order valence-corrected chi connectivity index (χ1v) is 13.6. The highest BCUT2D eigenvalue weighted by molar-refractivity contribution is 8.00. The summed E-state index contributed by atoms with van der Waals surface area (Å²) in [7, 11) is 0. The van der Waals surface area contributed by atoms with Gasteiger partial charge in [-0.15, -0.1) is 11.8 Å². The first kappa shape index (κ1) is 23.1. The summed E-state index contributed by atoms with van der Waals surface area (Å²) in [4.78, 5) is 0. The summed E-state index contributed by atoms with van der Waals surface area (Å²) in [5.74, 6) is 1.40. The van der Waals surface area contributed by atoms with Crippen LogP contribution in [0.5, 0.6) is 0 Å². The Bertz CT molecular complexity index is 685. The molecule has 1 aromatic carbocycles. The van der Waals surface area contributed by atoms with Crippen LogP contribution in [0.1, 0.15) is 76.1 Å². The molecular weight excluding hydrogens is 424 g/mol. The Kier molecular flexibility index (Phi) is 7.77. The first-order valence-electron chi connectivity index (χ1n) is 12.7. The Morgan fingerprint density at radius 1 is 0.781 bits per heavy atom. The van der Waals surface area contributed by atoms with E-state index in [1.54, 1.807) is 11.8 Å². The topological polar surface area (TPSA) is 68.2 Å². The molecule has 5 rings (SSSR count). The van der Waals surface area contributed by atoms with Gasteiger partial charge in [-0.3, -0.25) is 0 Å². The number of hydrogen-bond acceptors (Lipinski definition) is 6. The minimum absolute atomic E-state index is 0.357. The third-order valence-corrected chi connectivity index (χ3v) is 9.67. The van der Waals surface area contributed by atoms with Gasteiger partial charge in [-0.1, -0.05) is 68.9 Å². The normalized spacial score (nSPS) is 37.3. The highest BCUT2D eigenvalue weighted by atomic mass is 32.2. The van der Waals surface area contributed by atoms with Crippen molar-refractivity contribution in [2.45, 2.75) is 106 Å². The van der Waals surface area contributed by atoms with E-state index in [2.05, 4.69) is 0 Å². The Labute approximate surface area is 196 Å². The van der Waals surface area contributed by atoms with Crippen molar-refractivity contribution in [2.75, 3.05) is 6.61 Å². The van der Waals surface area contributed by atoms with E-state index in [9.17, 15) is 10.2 Å². The van der Waals surface area contributed by atoms with Crippen LogP contribution in [-0.4, -0.2) is 51.9 Å². The second-order valence-corrected chi connectivity index (χ2v) is 11.4. The highest BCUT2D eigenvalue weighted by Gasteiger charge is 2.50. The zero-order valence-corrected chi connectivity index (χ0v) is 19.7. The molecule has 32 heavy (non-hydrogen) atoms. The van der Waals surface area contributed by atoms with Crippen molar-refractivity contribution in [3.8, 4) is 0 Å². The molecule has 0 bridgehead atoms. The van der Waals surface area contributed by atoms with Crippen molar-refractivity contribution >= 4 is 11.8 Å². The lowest BCUT2D eigenvalue weighted by Crippen LogP contribution is -2.61. The molecule has 0 amide bonds.